The van der Waals surface area contributed by atoms with E-state index in [4.69, 9.17) is 21.4 Å². The minimum Gasteiger partial charge on any atom is -0.459 e. The number of benzene rings is 1. The van der Waals surface area contributed by atoms with Gasteiger partial charge in [-0.05, 0) is 83.5 Å². The third-order valence-electron chi connectivity index (χ3n) is 5.74. The summed E-state index contributed by atoms with van der Waals surface area (Å²) in [7, 11) is 0. The van der Waals surface area contributed by atoms with E-state index < -0.39 is 0 Å². The van der Waals surface area contributed by atoms with Gasteiger partial charge in [-0.25, -0.2) is 4.39 Å². The van der Waals surface area contributed by atoms with Crippen molar-refractivity contribution >= 4 is 33.3 Å². The van der Waals surface area contributed by atoms with Gasteiger partial charge in [-0.2, -0.15) is 0 Å². The third kappa shape index (κ3) is 4.12. The number of nitrogens with one attached hydrogen (secondary N) is 1. The molecule has 8 heteroatoms. The van der Waals surface area contributed by atoms with Crippen molar-refractivity contribution in [3.05, 3.63) is 76.5 Å². The van der Waals surface area contributed by atoms with Crippen LogP contribution in [0, 0.1) is 5.82 Å². The quantitative estimate of drug-likeness (QED) is 0.472. The van der Waals surface area contributed by atoms with Crippen LogP contribution in [-0.4, -0.2) is 34.3 Å². The first-order valence-electron chi connectivity index (χ1n) is 10.2. The molecule has 2 aromatic heterocycles. The molecule has 160 valence electrons. The first-order chi connectivity index (χ1) is 15.1. The van der Waals surface area contributed by atoms with Crippen molar-refractivity contribution < 1.29 is 13.5 Å². The van der Waals surface area contributed by atoms with Gasteiger partial charge in [-0.1, -0.05) is 6.07 Å². The number of furan rings is 1. The predicted molar refractivity (Wildman–Crippen MR) is 123 cm³/mol. The fraction of sp³-hybridized carbons (Fsp3) is 0.304. The largest absolute Gasteiger partial charge is 0.459 e. The van der Waals surface area contributed by atoms with Crippen molar-refractivity contribution in [2.75, 3.05) is 13.2 Å². The molecule has 0 spiro atoms. The second-order valence-electron chi connectivity index (χ2n) is 7.74. The summed E-state index contributed by atoms with van der Waals surface area (Å²) in [4.78, 5) is 6.70. The van der Waals surface area contributed by atoms with E-state index in [9.17, 15) is 4.39 Å². The monoisotopic (exact) mass is 501 g/mol. The van der Waals surface area contributed by atoms with Gasteiger partial charge in [-0.3, -0.25) is 4.98 Å². The number of hydrogen-bond acceptors (Lipinski definition) is 4. The second-order valence-corrected chi connectivity index (χ2v) is 8.98. The Hall–Kier alpha value is -2.29. The van der Waals surface area contributed by atoms with Gasteiger partial charge in [0, 0.05) is 29.4 Å². The van der Waals surface area contributed by atoms with E-state index in [1.54, 1.807) is 12.3 Å². The molecule has 1 aromatic carbocycles. The molecule has 0 saturated carbocycles. The average molecular weight is 502 g/mol. The number of nitrogens with zero attached hydrogens (tertiary/aromatic N) is 2. The Morgan fingerprint density at radius 1 is 1.23 bits per heavy atom. The molecule has 5 rings (SSSR count). The van der Waals surface area contributed by atoms with Crippen molar-refractivity contribution in [1.29, 1.82) is 0 Å². The number of halogens is 2. The molecule has 4 heterocycles. The Kier molecular flexibility index (Phi) is 5.77. The Morgan fingerprint density at radius 3 is 2.87 bits per heavy atom. The summed E-state index contributed by atoms with van der Waals surface area (Å²) in [5, 5.41) is 4.10. The molecule has 3 atom stereocenters. The van der Waals surface area contributed by atoms with Gasteiger partial charge in [0.25, 0.3) is 0 Å². The van der Waals surface area contributed by atoms with E-state index in [0.717, 1.165) is 36.5 Å². The lowest BCUT2D eigenvalue weighted by molar-refractivity contribution is 0.0818. The lowest BCUT2D eigenvalue weighted by atomic mass is 10.0. The number of aromatic nitrogens is 1. The van der Waals surface area contributed by atoms with E-state index in [0.29, 0.717) is 21.9 Å². The maximum absolute atomic E-state index is 13.5. The Balaban J connectivity index is 1.51. The van der Waals surface area contributed by atoms with Crippen LogP contribution >= 0.6 is 28.1 Å². The molecule has 0 aliphatic carbocycles. The Labute approximate surface area is 193 Å². The van der Waals surface area contributed by atoms with Crippen molar-refractivity contribution in [2.45, 2.75) is 31.0 Å². The first-order valence-corrected chi connectivity index (χ1v) is 11.4. The van der Waals surface area contributed by atoms with Crippen LogP contribution in [0.2, 0.25) is 0 Å². The van der Waals surface area contributed by atoms with Gasteiger partial charge < -0.3 is 19.4 Å². The summed E-state index contributed by atoms with van der Waals surface area (Å²) >= 11 is 9.14. The summed E-state index contributed by atoms with van der Waals surface area (Å²) in [5.41, 5.74) is 1.69. The maximum Gasteiger partial charge on any atom is 0.170 e. The second kappa shape index (κ2) is 8.68. The van der Waals surface area contributed by atoms with Crippen LogP contribution in [0.5, 0.6) is 0 Å². The van der Waals surface area contributed by atoms with Crippen LogP contribution in [0.15, 0.2) is 63.6 Å². The highest BCUT2D eigenvalue weighted by molar-refractivity contribution is 9.10. The maximum atomic E-state index is 13.5. The topological polar surface area (TPSA) is 50.5 Å². The number of rotatable bonds is 5. The SMILES string of the molecule is Fc1ccc(-c2ccc(C3C(c4ccccn4)NC(=S)N3CC3CCCO3)o2)c(Br)c1. The van der Waals surface area contributed by atoms with E-state index >= 15 is 0 Å². The van der Waals surface area contributed by atoms with E-state index in [1.807, 2.05) is 30.3 Å². The molecule has 0 radical (unpaired) electrons. The molecule has 2 aliphatic rings. The molecule has 0 bridgehead atoms. The highest BCUT2D eigenvalue weighted by Gasteiger charge is 2.42. The molecule has 0 amide bonds. The van der Waals surface area contributed by atoms with Crippen LogP contribution in [0.1, 0.15) is 36.4 Å². The average Bonchev–Trinajstić information content (AvgIpc) is 3.51. The third-order valence-corrected chi connectivity index (χ3v) is 6.75. The van der Waals surface area contributed by atoms with Gasteiger partial charge in [0.05, 0.1) is 17.8 Å². The fourth-order valence-electron chi connectivity index (χ4n) is 4.26. The van der Waals surface area contributed by atoms with Crippen LogP contribution in [0.25, 0.3) is 11.3 Å². The lowest BCUT2D eigenvalue weighted by Crippen LogP contribution is -2.36. The van der Waals surface area contributed by atoms with Crippen LogP contribution in [0.3, 0.4) is 0 Å². The molecule has 31 heavy (non-hydrogen) atoms. The van der Waals surface area contributed by atoms with Crippen molar-refractivity contribution in [3.63, 3.8) is 0 Å². The highest BCUT2D eigenvalue weighted by atomic mass is 79.9. The lowest BCUT2D eigenvalue weighted by Gasteiger charge is -2.28. The molecular formula is C23H21BrFN3O2S. The standard InChI is InChI=1S/C23H21BrFN3O2S/c24-17-12-14(25)6-7-16(17)19-8-9-20(30-19)22-21(18-5-1-2-10-26-18)27-23(31)28(22)13-15-4-3-11-29-15/h1-2,5-10,12,15,21-22H,3-4,11,13H2,(H,27,31). The predicted octanol–water partition coefficient (Wildman–Crippen LogP) is 5.39. The number of thiocarbonyl (C=S) groups is 1. The number of pyridine rings is 1. The zero-order valence-corrected chi connectivity index (χ0v) is 19.0. The highest BCUT2D eigenvalue weighted by Crippen LogP contribution is 2.41. The minimum atomic E-state index is -0.300. The van der Waals surface area contributed by atoms with Crippen LogP contribution < -0.4 is 5.32 Å². The summed E-state index contributed by atoms with van der Waals surface area (Å²) < 4.78 is 26.4. The van der Waals surface area contributed by atoms with Gasteiger partial charge >= 0.3 is 0 Å². The van der Waals surface area contributed by atoms with Crippen LogP contribution in [-0.2, 0) is 4.74 Å². The van der Waals surface area contributed by atoms with E-state index in [-0.39, 0.29) is 24.0 Å². The van der Waals surface area contributed by atoms with Crippen molar-refractivity contribution in [1.82, 2.24) is 15.2 Å². The van der Waals surface area contributed by atoms with Gasteiger partial charge in [0.1, 0.15) is 23.4 Å². The molecule has 3 aromatic rings. The first kappa shape index (κ1) is 20.6. The summed E-state index contributed by atoms with van der Waals surface area (Å²) in [6.45, 7) is 1.48. The van der Waals surface area contributed by atoms with Crippen molar-refractivity contribution in [2.24, 2.45) is 0 Å². The van der Waals surface area contributed by atoms with Gasteiger partial charge in [0.2, 0.25) is 0 Å². The van der Waals surface area contributed by atoms with Crippen molar-refractivity contribution in [3.8, 4) is 11.3 Å². The molecule has 2 saturated heterocycles. The molecular weight excluding hydrogens is 481 g/mol. The minimum absolute atomic E-state index is 0.144. The smallest absolute Gasteiger partial charge is 0.170 e. The zero-order valence-electron chi connectivity index (χ0n) is 16.6. The fourth-order valence-corrected chi connectivity index (χ4v) is 5.13. The Bertz CT molecular complexity index is 1090. The molecule has 5 nitrogen and oxygen atoms in total. The Morgan fingerprint density at radius 2 is 2.13 bits per heavy atom. The summed E-state index contributed by atoms with van der Waals surface area (Å²) in [6.07, 6.45) is 4.01. The number of hydrogen-bond donors (Lipinski definition) is 1. The number of ether oxygens (including phenoxy) is 1. The molecule has 1 N–H and O–H groups in total. The van der Waals surface area contributed by atoms with Crippen LogP contribution in [0.4, 0.5) is 4.39 Å². The normalized spacial score (nSPS) is 23.4. The van der Waals surface area contributed by atoms with E-state index in [2.05, 4.69) is 31.1 Å². The van der Waals surface area contributed by atoms with E-state index in [1.165, 1.54) is 12.1 Å². The molecule has 3 unspecified atom stereocenters. The molecule has 2 aliphatic heterocycles. The summed E-state index contributed by atoms with van der Waals surface area (Å²) in [6, 6.07) is 14.0. The zero-order chi connectivity index (χ0) is 21.4. The van der Waals surface area contributed by atoms with Gasteiger partial charge in [-0.15, -0.1) is 0 Å². The summed E-state index contributed by atoms with van der Waals surface area (Å²) in [5.74, 6) is 1.13. The van der Waals surface area contributed by atoms with Gasteiger partial charge in [0.15, 0.2) is 5.11 Å². The molecule has 2 fully saturated rings.